The molecule has 1 heterocycles. The Hall–Kier alpha value is -2.02. The second kappa shape index (κ2) is 7.07. The van der Waals surface area contributed by atoms with E-state index in [1.807, 2.05) is 0 Å². The molecule has 1 fully saturated rings. The Morgan fingerprint density at radius 3 is 2.56 bits per heavy atom. The predicted molar refractivity (Wildman–Crippen MR) is 94.0 cm³/mol. The van der Waals surface area contributed by atoms with Crippen LogP contribution in [0.15, 0.2) is 47.4 Å². The van der Waals surface area contributed by atoms with Gasteiger partial charge in [0.15, 0.2) is 0 Å². The van der Waals surface area contributed by atoms with Gasteiger partial charge in [-0.05, 0) is 18.2 Å². The third-order valence-electron chi connectivity index (χ3n) is 3.65. The predicted octanol–water partition coefficient (Wildman–Crippen LogP) is 2.78. The number of carbonyl (C=O) groups excluding carboxylic acids is 3. The molecule has 0 spiro atoms. The summed E-state index contributed by atoms with van der Waals surface area (Å²) in [7, 11) is 0. The molecular weight excluding hydrogens is 385 g/mol. The number of rotatable bonds is 4. The van der Waals surface area contributed by atoms with E-state index in [4.69, 9.17) is 23.2 Å². The summed E-state index contributed by atoms with van der Waals surface area (Å²) < 4.78 is 0. The van der Waals surface area contributed by atoms with Gasteiger partial charge in [0.1, 0.15) is 0 Å². The van der Waals surface area contributed by atoms with Crippen LogP contribution in [0, 0.1) is 0 Å². The van der Waals surface area contributed by atoms with E-state index >= 15 is 0 Å². The molecule has 0 unspecified atom stereocenters. The van der Waals surface area contributed by atoms with E-state index in [0.717, 1.165) is 16.7 Å². The lowest BCUT2D eigenvalue weighted by Crippen LogP contribution is -2.31. The molecule has 25 heavy (non-hydrogen) atoms. The highest BCUT2D eigenvalue weighted by atomic mass is 35.5. The van der Waals surface area contributed by atoms with Crippen LogP contribution in [0.5, 0.6) is 0 Å². The number of anilines is 1. The summed E-state index contributed by atoms with van der Waals surface area (Å²) in [4.78, 5) is 37.6. The molecule has 8 heteroatoms. The van der Waals surface area contributed by atoms with Gasteiger partial charge in [0.25, 0.3) is 0 Å². The van der Waals surface area contributed by atoms with Gasteiger partial charge in [-0.3, -0.25) is 9.59 Å². The number of hydrogen-bond acceptors (Lipinski definition) is 5. The summed E-state index contributed by atoms with van der Waals surface area (Å²) in [5.41, 5.74) is 0.201. The number of hydrogen-bond donors (Lipinski definition) is 0. The molecule has 1 saturated heterocycles. The minimum Gasteiger partial charge on any atom is -0.545 e. The van der Waals surface area contributed by atoms with Crippen molar-refractivity contribution in [3.8, 4) is 0 Å². The van der Waals surface area contributed by atoms with E-state index < -0.39 is 23.0 Å². The molecule has 2 aromatic carbocycles. The maximum atomic E-state index is 12.7. The Bertz CT molecular complexity index is 887. The zero-order valence-electron chi connectivity index (χ0n) is 12.6. The van der Waals surface area contributed by atoms with E-state index in [1.54, 1.807) is 30.3 Å². The van der Waals surface area contributed by atoms with Crippen molar-refractivity contribution in [1.82, 2.24) is 0 Å². The summed E-state index contributed by atoms with van der Waals surface area (Å²) in [6.07, 6.45) is -0.0618. The number of thioether (sulfide) groups is 1. The van der Waals surface area contributed by atoms with Crippen molar-refractivity contribution in [1.29, 1.82) is 0 Å². The SMILES string of the molecule is O=C([O-])c1ccccc1S[C@@H]1CC(=O)N(c2cccc(Cl)c2Cl)C1=O. The van der Waals surface area contributed by atoms with Crippen LogP contribution >= 0.6 is 35.0 Å². The van der Waals surface area contributed by atoms with Crippen LogP contribution in [0.4, 0.5) is 5.69 Å². The van der Waals surface area contributed by atoms with Crippen molar-refractivity contribution in [2.24, 2.45) is 0 Å². The van der Waals surface area contributed by atoms with Crippen LogP contribution in [0.3, 0.4) is 0 Å². The zero-order chi connectivity index (χ0) is 18.1. The van der Waals surface area contributed by atoms with E-state index in [2.05, 4.69) is 0 Å². The average Bonchev–Trinajstić information content (AvgIpc) is 2.85. The second-order valence-electron chi connectivity index (χ2n) is 5.23. The van der Waals surface area contributed by atoms with E-state index in [1.165, 1.54) is 12.1 Å². The lowest BCUT2D eigenvalue weighted by molar-refractivity contribution is -0.255. The molecule has 0 aromatic heterocycles. The van der Waals surface area contributed by atoms with Crippen LogP contribution in [-0.2, 0) is 9.59 Å². The standard InChI is InChI=1S/C17H11Cl2NO4S/c18-10-5-3-6-11(15(10)19)20-14(21)8-13(16(20)22)25-12-7-2-1-4-9(12)17(23)24/h1-7,13H,8H2,(H,23,24)/p-1/t13-/m1/s1. The third-order valence-corrected chi connectivity index (χ3v) is 5.73. The van der Waals surface area contributed by atoms with E-state index in [-0.39, 0.29) is 27.7 Å². The number of imide groups is 1. The minimum absolute atomic E-state index is 0.0213. The zero-order valence-corrected chi connectivity index (χ0v) is 14.9. The largest absolute Gasteiger partial charge is 0.545 e. The van der Waals surface area contributed by atoms with Crippen molar-refractivity contribution in [2.45, 2.75) is 16.6 Å². The number of carboxylic acids is 1. The van der Waals surface area contributed by atoms with Crippen LogP contribution in [0.2, 0.25) is 10.0 Å². The summed E-state index contributed by atoms with van der Waals surface area (Å²) in [5, 5.41) is 10.8. The van der Waals surface area contributed by atoms with Gasteiger partial charge in [0.05, 0.1) is 27.0 Å². The molecular formula is C17H10Cl2NO4S-. The normalized spacial score (nSPS) is 17.2. The molecule has 3 rings (SSSR count). The van der Waals surface area contributed by atoms with Crippen molar-refractivity contribution in [2.75, 3.05) is 4.90 Å². The van der Waals surface area contributed by atoms with Gasteiger partial charge >= 0.3 is 0 Å². The number of aromatic carboxylic acids is 1. The first-order valence-electron chi connectivity index (χ1n) is 7.18. The summed E-state index contributed by atoms with van der Waals surface area (Å²) >= 11 is 13.1. The second-order valence-corrected chi connectivity index (χ2v) is 7.26. The number of carboxylic acid groups (broad SMARTS) is 1. The molecule has 0 bridgehead atoms. The maximum Gasteiger partial charge on any atom is 0.247 e. The summed E-state index contributed by atoms with van der Waals surface area (Å²) in [6.45, 7) is 0. The molecule has 0 aliphatic carbocycles. The van der Waals surface area contributed by atoms with Crippen LogP contribution in [0.25, 0.3) is 0 Å². The number of benzene rings is 2. The molecule has 1 aliphatic rings. The quantitative estimate of drug-likeness (QED) is 0.744. The Morgan fingerprint density at radius 2 is 1.84 bits per heavy atom. The van der Waals surface area contributed by atoms with Gasteiger partial charge in [-0.25, -0.2) is 4.90 Å². The highest BCUT2D eigenvalue weighted by Crippen LogP contribution is 2.39. The minimum atomic E-state index is -1.34. The molecule has 2 aromatic rings. The lowest BCUT2D eigenvalue weighted by atomic mass is 10.2. The highest BCUT2D eigenvalue weighted by Gasteiger charge is 2.41. The number of amides is 2. The Labute approximate surface area is 157 Å². The van der Waals surface area contributed by atoms with Crippen molar-refractivity contribution in [3.05, 3.63) is 58.1 Å². The molecule has 0 radical (unpaired) electrons. The fourth-order valence-electron chi connectivity index (χ4n) is 2.51. The van der Waals surface area contributed by atoms with Gasteiger partial charge in [-0.15, -0.1) is 11.8 Å². The number of nitrogens with zero attached hydrogens (tertiary/aromatic N) is 1. The van der Waals surface area contributed by atoms with Gasteiger partial charge in [-0.2, -0.15) is 0 Å². The molecule has 0 N–H and O–H groups in total. The lowest BCUT2D eigenvalue weighted by Gasteiger charge is -2.17. The fourth-order valence-corrected chi connectivity index (χ4v) is 4.06. The molecule has 1 atom stereocenters. The molecule has 0 saturated carbocycles. The first-order valence-corrected chi connectivity index (χ1v) is 8.81. The van der Waals surface area contributed by atoms with Gasteiger partial charge in [0.2, 0.25) is 11.8 Å². The van der Waals surface area contributed by atoms with Crippen LogP contribution in [-0.4, -0.2) is 23.0 Å². The third kappa shape index (κ3) is 3.38. The first kappa shape index (κ1) is 17.8. The smallest absolute Gasteiger partial charge is 0.247 e. The van der Waals surface area contributed by atoms with Crippen LogP contribution < -0.4 is 10.0 Å². The molecule has 128 valence electrons. The van der Waals surface area contributed by atoms with E-state index in [0.29, 0.717) is 4.90 Å². The van der Waals surface area contributed by atoms with Gasteiger partial charge in [-0.1, -0.05) is 47.5 Å². The van der Waals surface area contributed by atoms with Crippen molar-refractivity contribution in [3.63, 3.8) is 0 Å². The average molecular weight is 395 g/mol. The molecule has 2 amide bonds. The highest BCUT2D eigenvalue weighted by molar-refractivity contribution is 8.00. The van der Waals surface area contributed by atoms with E-state index in [9.17, 15) is 19.5 Å². The van der Waals surface area contributed by atoms with Gasteiger partial charge < -0.3 is 9.90 Å². The Morgan fingerprint density at radius 1 is 1.12 bits per heavy atom. The van der Waals surface area contributed by atoms with Crippen LogP contribution in [0.1, 0.15) is 16.8 Å². The van der Waals surface area contributed by atoms with Crippen molar-refractivity contribution >= 4 is 58.4 Å². The van der Waals surface area contributed by atoms with Gasteiger partial charge in [0, 0.05) is 16.9 Å². The fraction of sp³-hybridized carbons (Fsp3) is 0.118. The Kier molecular flexibility index (Phi) is 5.03. The monoisotopic (exact) mass is 394 g/mol. The Balaban J connectivity index is 1.90. The molecule has 1 aliphatic heterocycles. The summed E-state index contributed by atoms with van der Waals surface area (Å²) in [5.74, 6) is -2.22. The first-order chi connectivity index (χ1) is 11.9. The summed E-state index contributed by atoms with van der Waals surface area (Å²) in [6, 6.07) is 10.9. The maximum absolute atomic E-state index is 12.7. The number of carbonyl (C=O) groups is 3. The number of halogens is 2. The van der Waals surface area contributed by atoms with Crippen molar-refractivity contribution < 1.29 is 19.5 Å². The topological polar surface area (TPSA) is 77.5 Å². The molecule has 5 nitrogen and oxygen atoms in total.